The number of hydrogen-bond donors (Lipinski definition) is 2. The Labute approximate surface area is 159 Å². The SMILES string of the molecule is O=C(NCCO)c1c([N+](=O)[O-])ccc(N(CCBr)CCBr)c1[N+](=O)[O-]. The number of carbonyl (C=O) groups excluding carboxylic acids is 1. The number of alkyl halides is 2. The lowest BCUT2D eigenvalue weighted by Gasteiger charge is -2.23. The van der Waals surface area contributed by atoms with Crippen molar-refractivity contribution in [2.45, 2.75) is 0 Å². The molecule has 1 amide bonds. The van der Waals surface area contributed by atoms with Gasteiger partial charge in [-0.2, -0.15) is 0 Å². The number of nitro benzene ring substituents is 2. The Morgan fingerprint density at radius 2 is 1.76 bits per heavy atom. The van der Waals surface area contributed by atoms with Crippen molar-refractivity contribution < 1.29 is 19.7 Å². The second kappa shape index (κ2) is 10.3. The molecule has 12 heteroatoms. The van der Waals surface area contributed by atoms with Crippen LogP contribution in [0.3, 0.4) is 0 Å². The largest absolute Gasteiger partial charge is 0.395 e. The molecule has 0 aliphatic rings. The molecule has 0 aliphatic carbocycles. The average Bonchev–Trinajstić information content (AvgIpc) is 2.57. The zero-order valence-electron chi connectivity index (χ0n) is 13.0. The molecular weight excluding hydrogens is 468 g/mol. The van der Waals surface area contributed by atoms with Crippen LogP contribution in [0.25, 0.3) is 0 Å². The van der Waals surface area contributed by atoms with Crippen molar-refractivity contribution in [3.63, 3.8) is 0 Å². The lowest BCUT2D eigenvalue weighted by molar-refractivity contribution is -0.394. The maximum atomic E-state index is 12.3. The van der Waals surface area contributed by atoms with Crippen LogP contribution in [-0.2, 0) is 0 Å². The van der Waals surface area contributed by atoms with Gasteiger partial charge >= 0.3 is 5.69 Å². The second-order valence-electron chi connectivity index (χ2n) is 4.69. The summed E-state index contributed by atoms with van der Waals surface area (Å²) in [5.74, 6) is -0.980. The molecule has 1 rings (SSSR count). The van der Waals surface area contributed by atoms with Gasteiger partial charge in [-0.15, -0.1) is 0 Å². The Morgan fingerprint density at radius 1 is 1.16 bits per heavy atom. The number of nitrogens with zero attached hydrogens (tertiary/aromatic N) is 3. The Hall–Kier alpha value is -1.79. The number of rotatable bonds is 10. The molecule has 0 saturated heterocycles. The fourth-order valence-corrected chi connectivity index (χ4v) is 3.06. The van der Waals surface area contributed by atoms with Gasteiger partial charge in [-0.3, -0.25) is 25.0 Å². The van der Waals surface area contributed by atoms with Gasteiger partial charge in [-0.05, 0) is 6.07 Å². The van der Waals surface area contributed by atoms with E-state index in [0.29, 0.717) is 23.7 Å². The molecule has 0 heterocycles. The van der Waals surface area contributed by atoms with Crippen LogP contribution >= 0.6 is 31.9 Å². The molecular formula is C13H16Br2N4O6. The molecule has 0 fully saturated rings. The van der Waals surface area contributed by atoms with E-state index in [1.54, 1.807) is 4.90 Å². The summed E-state index contributed by atoms with van der Waals surface area (Å²) in [5, 5.41) is 34.9. The number of aliphatic hydroxyl groups excluding tert-OH is 1. The third-order valence-electron chi connectivity index (χ3n) is 3.19. The van der Waals surface area contributed by atoms with Crippen LogP contribution in [0.2, 0.25) is 0 Å². The molecule has 0 spiro atoms. The Balaban J connectivity index is 3.62. The number of anilines is 1. The average molecular weight is 484 g/mol. The lowest BCUT2D eigenvalue weighted by atomic mass is 10.1. The van der Waals surface area contributed by atoms with Crippen molar-refractivity contribution in [1.82, 2.24) is 5.32 Å². The fourth-order valence-electron chi connectivity index (χ4n) is 2.20. The normalized spacial score (nSPS) is 10.4. The number of aliphatic hydroxyl groups is 1. The van der Waals surface area contributed by atoms with Crippen molar-refractivity contribution in [2.24, 2.45) is 0 Å². The number of nitro groups is 2. The summed E-state index contributed by atoms with van der Waals surface area (Å²) in [4.78, 5) is 35.1. The maximum absolute atomic E-state index is 12.3. The van der Waals surface area contributed by atoms with Gasteiger partial charge in [0.2, 0.25) is 0 Å². The smallest absolute Gasteiger partial charge is 0.312 e. The molecule has 10 nitrogen and oxygen atoms in total. The predicted molar refractivity (Wildman–Crippen MR) is 99.0 cm³/mol. The summed E-state index contributed by atoms with van der Waals surface area (Å²) >= 11 is 6.51. The summed E-state index contributed by atoms with van der Waals surface area (Å²) in [5.41, 5.74) is -1.81. The van der Waals surface area contributed by atoms with Gasteiger partial charge in [0.05, 0.1) is 16.5 Å². The van der Waals surface area contributed by atoms with E-state index in [-0.39, 0.29) is 12.2 Å². The molecule has 1 aromatic rings. The highest BCUT2D eigenvalue weighted by Gasteiger charge is 2.35. The number of amides is 1. The molecule has 0 aliphatic heterocycles. The van der Waals surface area contributed by atoms with Gasteiger partial charge in [0.1, 0.15) is 5.69 Å². The van der Waals surface area contributed by atoms with Gasteiger partial charge < -0.3 is 15.3 Å². The van der Waals surface area contributed by atoms with Gasteiger partial charge in [0, 0.05) is 36.4 Å². The van der Waals surface area contributed by atoms with Crippen molar-refractivity contribution in [3.8, 4) is 0 Å². The standard InChI is InChI=1S/C13H16Br2N4O6/c14-3-6-17(7-4-15)10-2-1-9(18(22)23)11(12(10)19(24)25)13(21)16-5-8-20/h1-2,20H,3-8H2,(H,16,21). The highest BCUT2D eigenvalue weighted by Crippen LogP contribution is 2.37. The van der Waals surface area contributed by atoms with E-state index < -0.39 is 39.3 Å². The van der Waals surface area contributed by atoms with E-state index in [1.807, 2.05) is 0 Å². The quantitative estimate of drug-likeness (QED) is 0.294. The van der Waals surface area contributed by atoms with Crippen LogP contribution in [0.1, 0.15) is 10.4 Å². The molecule has 1 aromatic carbocycles. The van der Waals surface area contributed by atoms with Crippen molar-refractivity contribution in [3.05, 3.63) is 37.9 Å². The second-order valence-corrected chi connectivity index (χ2v) is 6.27. The minimum Gasteiger partial charge on any atom is -0.395 e. The predicted octanol–water partition coefficient (Wildman–Crippen LogP) is 1.82. The highest BCUT2D eigenvalue weighted by atomic mass is 79.9. The van der Waals surface area contributed by atoms with Crippen molar-refractivity contribution >= 4 is 54.8 Å². The third kappa shape index (κ3) is 5.34. The summed E-state index contributed by atoms with van der Waals surface area (Å²) in [7, 11) is 0. The number of halogens is 2. The van der Waals surface area contributed by atoms with Crippen molar-refractivity contribution in [2.75, 3.05) is 41.8 Å². The molecule has 0 saturated carbocycles. The number of carbonyl (C=O) groups is 1. The van der Waals surface area contributed by atoms with E-state index in [0.717, 1.165) is 6.07 Å². The molecule has 2 N–H and O–H groups in total. The van der Waals surface area contributed by atoms with Gasteiger partial charge in [0.15, 0.2) is 5.56 Å². The molecule has 0 atom stereocenters. The van der Waals surface area contributed by atoms with Crippen LogP contribution < -0.4 is 10.2 Å². The van der Waals surface area contributed by atoms with E-state index in [1.165, 1.54) is 6.07 Å². The summed E-state index contributed by atoms with van der Waals surface area (Å²) in [6.07, 6.45) is 0. The number of hydrogen-bond acceptors (Lipinski definition) is 7. The van der Waals surface area contributed by atoms with E-state index in [2.05, 4.69) is 37.2 Å². The maximum Gasteiger partial charge on any atom is 0.312 e. The topological polar surface area (TPSA) is 139 Å². The van der Waals surface area contributed by atoms with Crippen molar-refractivity contribution in [1.29, 1.82) is 0 Å². The summed E-state index contributed by atoms with van der Waals surface area (Å²) in [6.45, 7) is 0.236. The van der Waals surface area contributed by atoms with Gasteiger partial charge in [-0.1, -0.05) is 31.9 Å². The van der Waals surface area contributed by atoms with Gasteiger partial charge in [0.25, 0.3) is 11.6 Å². The van der Waals surface area contributed by atoms with E-state index in [9.17, 15) is 25.0 Å². The summed E-state index contributed by atoms with van der Waals surface area (Å²) < 4.78 is 0. The van der Waals surface area contributed by atoms with Crippen LogP contribution in [0.15, 0.2) is 12.1 Å². The molecule has 0 aromatic heterocycles. The molecule has 138 valence electrons. The fraction of sp³-hybridized carbons (Fsp3) is 0.462. The van der Waals surface area contributed by atoms with Crippen LogP contribution in [0, 0.1) is 20.2 Å². The van der Waals surface area contributed by atoms with E-state index >= 15 is 0 Å². The lowest BCUT2D eigenvalue weighted by Crippen LogP contribution is -2.31. The zero-order valence-corrected chi connectivity index (χ0v) is 16.2. The first-order chi connectivity index (χ1) is 11.9. The summed E-state index contributed by atoms with van der Waals surface area (Å²) in [6, 6.07) is 2.34. The molecule has 0 radical (unpaired) electrons. The molecule has 25 heavy (non-hydrogen) atoms. The monoisotopic (exact) mass is 482 g/mol. The van der Waals surface area contributed by atoms with E-state index in [4.69, 9.17) is 5.11 Å². The Morgan fingerprint density at radius 3 is 2.20 bits per heavy atom. The Kier molecular flexibility index (Phi) is 8.72. The van der Waals surface area contributed by atoms with Crippen LogP contribution in [0.4, 0.5) is 17.1 Å². The first-order valence-corrected chi connectivity index (χ1v) is 9.35. The number of nitrogens with one attached hydrogen (secondary N) is 1. The first-order valence-electron chi connectivity index (χ1n) is 7.10. The Bertz CT molecular complexity index is 652. The third-order valence-corrected chi connectivity index (χ3v) is 3.90. The molecule has 0 bridgehead atoms. The first kappa shape index (κ1) is 21.3. The van der Waals surface area contributed by atoms with Gasteiger partial charge in [-0.25, -0.2) is 0 Å². The van der Waals surface area contributed by atoms with Crippen LogP contribution in [-0.4, -0.2) is 57.8 Å². The highest BCUT2D eigenvalue weighted by molar-refractivity contribution is 9.09. The minimum absolute atomic E-state index is 0.114. The zero-order chi connectivity index (χ0) is 19.0. The number of benzene rings is 1. The minimum atomic E-state index is -0.980. The van der Waals surface area contributed by atoms with Crippen LogP contribution in [0.5, 0.6) is 0 Å². The molecule has 0 unspecified atom stereocenters.